The molecular formula is C22H31ClN4O6S2. The molecule has 1 aliphatic heterocycles. The van der Waals surface area contributed by atoms with E-state index in [9.17, 15) is 21.4 Å². The van der Waals surface area contributed by atoms with Crippen LogP contribution in [0.25, 0.3) is 0 Å². The molecule has 0 fully saturated rings. The third-order valence-corrected chi connectivity index (χ3v) is 7.06. The van der Waals surface area contributed by atoms with E-state index in [1.807, 2.05) is 29.3 Å². The van der Waals surface area contributed by atoms with Crippen LogP contribution in [0.3, 0.4) is 0 Å². The monoisotopic (exact) mass is 546 g/mol. The predicted octanol–water partition coefficient (Wildman–Crippen LogP) is 2.42. The summed E-state index contributed by atoms with van der Waals surface area (Å²) >= 11 is 5.95. The Hall–Kier alpha value is -2.06. The van der Waals surface area contributed by atoms with Crippen molar-refractivity contribution in [1.82, 2.24) is 4.72 Å². The number of hydrazone groups is 1. The van der Waals surface area contributed by atoms with E-state index in [4.69, 9.17) is 11.6 Å². The second kappa shape index (κ2) is 12.3. The minimum absolute atomic E-state index is 0.271. The summed E-state index contributed by atoms with van der Waals surface area (Å²) < 4.78 is 59.5. The van der Waals surface area contributed by atoms with Gasteiger partial charge in [-0.2, -0.15) is 5.10 Å². The molecule has 2 aromatic rings. The maximum atomic E-state index is 12.5. The van der Waals surface area contributed by atoms with Crippen molar-refractivity contribution >= 4 is 43.4 Å². The lowest BCUT2D eigenvalue weighted by atomic mass is 10.1. The van der Waals surface area contributed by atoms with E-state index in [2.05, 4.69) is 35.1 Å². The second-order valence-corrected chi connectivity index (χ2v) is 12.1. The molecule has 0 radical (unpaired) electrons. The SMILES string of the molecule is COS(=O)(=O)[O-].C[N+](C)(C)CCCNS(=O)(=O)c1ccc(N2CCC(c3ccc(Cl)cc3)=N2)cc1. The summed E-state index contributed by atoms with van der Waals surface area (Å²) in [5.41, 5.74) is 2.92. The Morgan fingerprint density at radius 3 is 2.14 bits per heavy atom. The summed E-state index contributed by atoms with van der Waals surface area (Å²) in [4.78, 5) is 0.271. The Labute approximate surface area is 212 Å². The number of halogens is 1. The van der Waals surface area contributed by atoms with Crippen LogP contribution in [0.5, 0.6) is 0 Å². The minimum atomic E-state index is -4.41. The molecule has 194 valence electrons. The van der Waals surface area contributed by atoms with Crippen molar-refractivity contribution in [3.8, 4) is 0 Å². The topological polar surface area (TPSA) is 128 Å². The summed E-state index contributed by atoms with van der Waals surface area (Å²) in [7, 11) is -0.835. The molecule has 35 heavy (non-hydrogen) atoms. The van der Waals surface area contributed by atoms with E-state index in [1.54, 1.807) is 24.3 Å². The number of nitrogens with one attached hydrogen (secondary N) is 1. The standard InChI is InChI=1S/C21H28ClN4O2S.CH4O4S/c1-26(2,3)16-4-14-23-29(27,28)20-11-9-19(10-12-20)25-15-13-21(24-25)17-5-7-18(22)8-6-17;1-5-6(2,3)4/h5-12,23H,4,13-16H2,1-3H3;1H3,(H,2,3,4)/q+1;/p-1. The third kappa shape index (κ3) is 10.2. The molecule has 13 heteroatoms. The van der Waals surface area contributed by atoms with Crippen LogP contribution in [0.2, 0.25) is 5.02 Å². The van der Waals surface area contributed by atoms with Gasteiger partial charge in [0.1, 0.15) is 0 Å². The van der Waals surface area contributed by atoms with Gasteiger partial charge in [0, 0.05) is 31.0 Å². The van der Waals surface area contributed by atoms with Crippen LogP contribution in [-0.2, 0) is 24.6 Å². The number of hydrogen-bond donors (Lipinski definition) is 1. The maximum absolute atomic E-state index is 12.5. The molecule has 0 amide bonds. The average Bonchev–Trinajstić information content (AvgIpc) is 3.27. The first-order valence-electron chi connectivity index (χ1n) is 10.7. The van der Waals surface area contributed by atoms with Gasteiger partial charge in [-0.1, -0.05) is 23.7 Å². The first kappa shape index (κ1) is 29.2. The van der Waals surface area contributed by atoms with Crippen molar-refractivity contribution in [2.75, 3.05) is 52.9 Å². The Morgan fingerprint density at radius 1 is 1.06 bits per heavy atom. The smallest absolute Gasteiger partial charge is 0.240 e. The highest BCUT2D eigenvalue weighted by Gasteiger charge is 2.19. The van der Waals surface area contributed by atoms with E-state index >= 15 is 0 Å². The lowest BCUT2D eigenvalue weighted by Gasteiger charge is -2.23. The lowest BCUT2D eigenvalue weighted by molar-refractivity contribution is -0.870. The van der Waals surface area contributed by atoms with Crippen molar-refractivity contribution < 1.29 is 30.1 Å². The summed E-state index contributed by atoms with van der Waals surface area (Å²) in [6.45, 7) is 2.10. The fraction of sp³-hybridized carbons (Fsp3) is 0.409. The number of rotatable bonds is 9. The molecule has 0 aromatic heterocycles. The van der Waals surface area contributed by atoms with Gasteiger partial charge in [-0.05, 0) is 42.0 Å². The van der Waals surface area contributed by atoms with E-state index in [0.29, 0.717) is 11.6 Å². The molecule has 2 aromatic carbocycles. The molecule has 0 bridgehead atoms. The Morgan fingerprint density at radius 2 is 1.63 bits per heavy atom. The zero-order chi connectivity index (χ0) is 26.3. The molecule has 1 aliphatic rings. The molecule has 0 aliphatic carbocycles. The highest BCUT2D eigenvalue weighted by atomic mass is 35.5. The van der Waals surface area contributed by atoms with Crippen LogP contribution in [0, 0.1) is 0 Å². The van der Waals surface area contributed by atoms with Gasteiger partial charge in [-0.15, -0.1) is 0 Å². The first-order chi connectivity index (χ1) is 16.2. The molecule has 0 unspecified atom stereocenters. The molecule has 1 N–H and O–H groups in total. The fourth-order valence-electron chi connectivity index (χ4n) is 3.13. The Bertz CT molecular complexity index is 1210. The zero-order valence-corrected chi connectivity index (χ0v) is 22.5. The lowest BCUT2D eigenvalue weighted by Crippen LogP contribution is -2.37. The van der Waals surface area contributed by atoms with Crippen LogP contribution >= 0.6 is 11.6 Å². The van der Waals surface area contributed by atoms with Crippen molar-refractivity contribution in [3.05, 3.63) is 59.1 Å². The number of quaternary nitrogens is 1. The first-order valence-corrected chi connectivity index (χ1v) is 13.9. The molecule has 0 saturated heterocycles. The van der Waals surface area contributed by atoms with Gasteiger partial charge in [0.25, 0.3) is 0 Å². The molecule has 3 rings (SSSR count). The van der Waals surface area contributed by atoms with Gasteiger partial charge in [-0.25, -0.2) is 21.6 Å². The van der Waals surface area contributed by atoms with Crippen molar-refractivity contribution in [3.63, 3.8) is 0 Å². The van der Waals surface area contributed by atoms with Gasteiger partial charge in [0.2, 0.25) is 20.4 Å². The molecule has 1 heterocycles. The van der Waals surface area contributed by atoms with Crippen molar-refractivity contribution in [2.45, 2.75) is 17.7 Å². The highest BCUT2D eigenvalue weighted by molar-refractivity contribution is 7.89. The Balaban J connectivity index is 0.000000641. The summed E-state index contributed by atoms with van der Waals surface area (Å²) in [6, 6.07) is 14.5. The maximum Gasteiger partial charge on any atom is 0.240 e. The van der Waals surface area contributed by atoms with E-state index in [1.165, 1.54) is 0 Å². The number of anilines is 1. The van der Waals surface area contributed by atoms with E-state index < -0.39 is 20.4 Å². The minimum Gasteiger partial charge on any atom is -0.726 e. The van der Waals surface area contributed by atoms with Crippen molar-refractivity contribution in [2.24, 2.45) is 5.10 Å². The van der Waals surface area contributed by atoms with Crippen LogP contribution in [0.15, 0.2) is 58.5 Å². The predicted molar refractivity (Wildman–Crippen MR) is 136 cm³/mol. The van der Waals surface area contributed by atoms with Gasteiger partial charge in [0.05, 0.1) is 51.1 Å². The number of nitrogens with zero attached hydrogens (tertiary/aromatic N) is 3. The van der Waals surface area contributed by atoms with Gasteiger partial charge >= 0.3 is 0 Å². The number of hydrogen-bond acceptors (Lipinski definition) is 8. The van der Waals surface area contributed by atoms with E-state index in [-0.39, 0.29) is 4.90 Å². The largest absolute Gasteiger partial charge is 0.726 e. The number of sulfonamides is 1. The van der Waals surface area contributed by atoms with Gasteiger partial charge < -0.3 is 9.04 Å². The summed E-state index contributed by atoms with van der Waals surface area (Å²) in [5, 5.41) is 7.27. The molecule has 0 saturated carbocycles. The molecule has 10 nitrogen and oxygen atoms in total. The average molecular weight is 547 g/mol. The normalized spacial score (nSPS) is 14.3. The van der Waals surface area contributed by atoms with Crippen LogP contribution in [0.1, 0.15) is 18.4 Å². The van der Waals surface area contributed by atoms with Gasteiger partial charge in [0.15, 0.2) is 0 Å². The van der Waals surface area contributed by atoms with Crippen LogP contribution in [-0.4, -0.2) is 79.5 Å². The van der Waals surface area contributed by atoms with Gasteiger partial charge in [-0.3, -0.25) is 9.19 Å². The zero-order valence-electron chi connectivity index (χ0n) is 20.1. The summed E-state index contributed by atoms with van der Waals surface area (Å²) in [6.07, 6.45) is 1.62. The second-order valence-electron chi connectivity index (χ2n) is 8.76. The van der Waals surface area contributed by atoms with E-state index in [0.717, 1.165) is 54.5 Å². The Kier molecular flexibility index (Phi) is 10.2. The fourth-order valence-corrected chi connectivity index (χ4v) is 4.33. The molecule has 0 spiro atoms. The molecule has 0 atom stereocenters. The van der Waals surface area contributed by atoms with Crippen LogP contribution in [0.4, 0.5) is 5.69 Å². The quantitative estimate of drug-likeness (QED) is 0.221. The third-order valence-electron chi connectivity index (χ3n) is 4.93. The van der Waals surface area contributed by atoms with Crippen molar-refractivity contribution in [1.29, 1.82) is 0 Å². The van der Waals surface area contributed by atoms with Crippen LogP contribution < -0.4 is 9.73 Å². The highest BCUT2D eigenvalue weighted by Crippen LogP contribution is 2.24. The molecular weight excluding hydrogens is 516 g/mol. The number of benzene rings is 2. The summed E-state index contributed by atoms with van der Waals surface area (Å²) in [5.74, 6) is 0.